The van der Waals surface area contributed by atoms with Crippen molar-refractivity contribution in [2.45, 2.75) is 12.8 Å². The topological polar surface area (TPSA) is 44.8 Å². The standard InChI is InChI=1S/C28H20NO3P/c1-3-19-17-21-11-5-7-13-23(21)25-26-24-14-8-6-12-22(24)18-20(4-2)28(26)32-33(30,31-27(19)25)29-15-9-10-16-29/h1-2,5-8,11-14,17-18H,9-10,15-16H2. The maximum Gasteiger partial charge on any atom is 0.411 e. The average molecular weight is 449 g/mol. The molecule has 0 aromatic heterocycles. The molecule has 0 unspecified atom stereocenters. The van der Waals surface area contributed by atoms with Crippen molar-refractivity contribution in [3.05, 3.63) is 71.8 Å². The van der Waals surface area contributed by atoms with Gasteiger partial charge in [0.15, 0.2) is 0 Å². The minimum Gasteiger partial charge on any atom is -0.601 e. The van der Waals surface area contributed by atoms with Crippen molar-refractivity contribution in [3.8, 4) is 47.3 Å². The molecule has 2 aliphatic rings. The molecule has 0 radical (unpaired) electrons. The number of nitrogens with zero attached hydrogens (tertiary/aromatic N) is 1. The van der Waals surface area contributed by atoms with Crippen molar-refractivity contribution in [2.75, 3.05) is 13.1 Å². The first-order valence-corrected chi connectivity index (χ1v) is 12.4. The van der Waals surface area contributed by atoms with Crippen LogP contribution in [0.1, 0.15) is 24.0 Å². The Hall–Kier alpha value is -3.53. The highest BCUT2D eigenvalue weighted by Gasteiger charge is 2.48. The summed E-state index contributed by atoms with van der Waals surface area (Å²) in [5.74, 6) is 6.31. The van der Waals surface area contributed by atoms with E-state index < -0.39 is 8.09 Å². The van der Waals surface area contributed by atoms with Crippen molar-refractivity contribution in [2.24, 2.45) is 0 Å². The normalized spacial score (nSPS) is 16.7. The van der Waals surface area contributed by atoms with Gasteiger partial charge >= 0.3 is 8.09 Å². The summed E-state index contributed by atoms with van der Waals surface area (Å²) in [5.41, 5.74) is 2.60. The zero-order chi connectivity index (χ0) is 22.6. The molecule has 4 aromatic carbocycles. The Bertz CT molecular complexity index is 1420. The highest BCUT2D eigenvalue weighted by atomic mass is 31.2. The molecule has 5 heteroatoms. The van der Waals surface area contributed by atoms with Gasteiger partial charge < -0.3 is 4.89 Å². The van der Waals surface area contributed by atoms with Crippen molar-refractivity contribution >= 4 is 29.6 Å². The van der Waals surface area contributed by atoms with Gasteiger partial charge in [-0.15, -0.1) is 17.5 Å². The van der Waals surface area contributed by atoms with Crippen molar-refractivity contribution < 1.29 is 13.9 Å². The first-order chi connectivity index (χ1) is 16.1. The van der Waals surface area contributed by atoms with Crippen molar-refractivity contribution in [1.29, 1.82) is 0 Å². The van der Waals surface area contributed by atoms with E-state index in [9.17, 15) is 4.89 Å². The van der Waals surface area contributed by atoms with Crippen molar-refractivity contribution in [1.82, 2.24) is 4.67 Å². The Balaban J connectivity index is 1.82. The monoisotopic (exact) mass is 449 g/mol. The summed E-state index contributed by atoms with van der Waals surface area (Å²) in [6.07, 6.45) is 13.7. The van der Waals surface area contributed by atoms with Gasteiger partial charge in [0.1, 0.15) is 0 Å². The van der Waals surface area contributed by atoms with Crippen LogP contribution >= 0.6 is 8.09 Å². The zero-order valence-electron chi connectivity index (χ0n) is 17.9. The number of benzene rings is 4. The molecule has 0 bridgehead atoms. The maximum absolute atomic E-state index is 14.3. The van der Waals surface area contributed by atoms with E-state index in [0.29, 0.717) is 35.7 Å². The smallest absolute Gasteiger partial charge is 0.411 e. The fourth-order valence-corrected chi connectivity index (χ4v) is 6.75. The Kier molecular flexibility index (Phi) is 4.58. The lowest BCUT2D eigenvalue weighted by Gasteiger charge is -2.32. The van der Waals surface area contributed by atoms with Crippen LogP contribution in [0.15, 0.2) is 60.7 Å². The molecule has 0 spiro atoms. The first-order valence-electron chi connectivity index (χ1n) is 10.9. The Morgan fingerprint density at radius 3 is 1.67 bits per heavy atom. The number of terminal acetylenes is 2. The summed E-state index contributed by atoms with van der Waals surface area (Å²) < 4.78 is 14.5. The van der Waals surface area contributed by atoms with Gasteiger partial charge in [0, 0.05) is 24.2 Å². The largest absolute Gasteiger partial charge is 0.601 e. The molecule has 0 aliphatic carbocycles. The number of hydrogen-bond acceptors (Lipinski definition) is 4. The molecule has 0 saturated carbocycles. The second-order valence-corrected chi connectivity index (χ2v) is 10.2. The van der Waals surface area contributed by atoms with E-state index in [1.807, 2.05) is 60.7 Å². The van der Waals surface area contributed by atoms with E-state index in [0.717, 1.165) is 45.5 Å². The summed E-state index contributed by atoms with van der Waals surface area (Å²) >= 11 is 0. The molecule has 6 rings (SSSR count). The van der Waals surface area contributed by atoms with Gasteiger partial charge in [-0.3, -0.25) is 9.05 Å². The van der Waals surface area contributed by atoms with Crippen LogP contribution in [0, 0.1) is 24.7 Å². The predicted octanol–water partition coefficient (Wildman–Crippen LogP) is 5.53. The highest BCUT2D eigenvalue weighted by molar-refractivity contribution is 7.57. The molecular formula is C28H20NO3P. The summed E-state index contributed by atoms with van der Waals surface area (Å²) in [7, 11) is -3.76. The molecule has 33 heavy (non-hydrogen) atoms. The number of rotatable bonds is 1. The first kappa shape index (κ1) is 20.1. The average Bonchev–Trinajstić information content (AvgIpc) is 3.35. The molecule has 4 aromatic rings. The van der Waals surface area contributed by atoms with Gasteiger partial charge in [0.25, 0.3) is 0 Å². The Morgan fingerprint density at radius 2 is 1.21 bits per heavy atom. The van der Waals surface area contributed by atoms with E-state index in [4.69, 9.17) is 21.9 Å². The van der Waals surface area contributed by atoms with Crippen LogP contribution in [-0.4, -0.2) is 17.8 Å². The van der Waals surface area contributed by atoms with Gasteiger partial charge in [-0.25, -0.2) is 0 Å². The van der Waals surface area contributed by atoms with E-state index in [-0.39, 0.29) is 0 Å². The number of fused-ring (bicyclic) bond motifs is 7. The van der Waals surface area contributed by atoms with Crippen LogP contribution in [0.5, 0.6) is 11.5 Å². The SMILES string of the molecule is C#Cc1cc2ccccc2c2c1O[P+]([O-])(N1CCCC1)Oc1c(C#C)cc3ccccc3c1-2. The third-order valence-electron chi connectivity index (χ3n) is 6.41. The number of hydrogen-bond donors (Lipinski definition) is 0. The molecule has 0 amide bonds. The van der Waals surface area contributed by atoms with Crippen molar-refractivity contribution in [3.63, 3.8) is 0 Å². The van der Waals surface area contributed by atoms with Crippen LogP contribution in [0.3, 0.4) is 0 Å². The molecule has 2 aliphatic heterocycles. The second-order valence-electron chi connectivity index (χ2n) is 8.30. The molecule has 0 N–H and O–H groups in total. The third-order valence-corrected chi connectivity index (χ3v) is 8.33. The van der Waals surface area contributed by atoms with Crippen LogP contribution in [0.2, 0.25) is 0 Å². The molecule has 2 heterocycles. The molecule has 0 atom stereocenters. The second kappa shape index (κ2) is 7.51. The van der Waals surface area contributed by atoms with E-state index in [2.05, 4.69) is 11.8 Å². The summed E-state index contributed by atoms with van der Waals surface area (Å²) in [4.78, 5) is 14.3. The zero-order valence-corrected chi connectivity index (χ0v) is 18.8. The summed E-state index contributed by atoms with van der Waals surface area (Å²) in [5, 5.41) is 3.80. The molecule has 1 fully saturated rings. The van der Waals surface area contributed by atoms with E-state index in [1.165, 1.54) is 0 Å². The third kappa shape index (κ3) is 3.01. The van der Waals surface area contributed by atoms with Gasteiger partial charge in [-0.1, -0.05) is 60.4 Å². The molecular weight excluding hydrogens is 429 g/mol. The maximum atomic E-state index is 14.3. The van der Waals surface area contributed by atoms with Gasteiger partial charge in [-0.2, -0.15) is 0 Å². The lowest BCUT2D eigenvalue weighted by atomic mass is 9.89. The van der Waals surface area contributed by atoms with Gasteiger partial charge in [0.2, 0.25) is 11.5 Å². The minimum absolute atomic E-state index is 0.407. The summed E-state index contributed by atoms with van der Waals surface area (Å²) in [6, 6.07) is 19.7. The van der Waals surface area contributed by atoms with Crippen LogP contribution in [0.25, 0.3) is 32.7 Å². The molecule has 4 nitrogen and oxygen atoms in total. The summed E-state index contributed by atoms with van der Waals surface area (Å²) in [6.45, 7) is 1.25. The van der Waals surface area contributed by atoms with E-state index in [1.54, 1.807) is 4.67 Å². The minimum atomic E-state index is -3.76. The predicted molar refractivity (Wildman–Crippen MR) is 132 cm³/mol. The fraction of sp³-hybridized carbons (Fsp3) is 0.143. The molecule has 1 saturated heterocycles. The lowest BCUT2D eigenvalue weighted by Crippen LogP contribution is -2.36. The fourth-order valence-electron chi connectivity index (χ4n) is 4.87. The van der Waals surface area contributed by atoms with Crippen LogP contribution < -0.4 is 13.9 Å². The van der Waals surface area contributed by atoms with E-state index >= 15 is 0 Å². The van der Waals surface area contributed by atoms with Gasteiger partial charge in [0.05, 0.1) is 11.1 Å². The quantitative estimate of drug-likeness (QED) is 0.283. The Morgan fingerprint density at radius 1 is 0.758 bits per heavy atom. The highest BCUT2D eigenvalue weighted by Crippen LogP contribution is 2.64. The van der Waals surface area contributed by atoms with Crippen LogP contribution in [-0.2, 0) is 0 Å². The van der Waals surface area contributed by atoms with Gasteiger partial charge in [-0.05, 0) is 46.5 Å². The lowest BCUT2D eigenvalue weighted by molar-refractivity contribution is -0.216. The molecule has 160 valence electrons. The van der Waals surface area contributed by atoms with Crippen LogP contribution in [0.4, 0.5) is 0 Å². The Labute approximate surface area is 193 Å².